The molecule has 1 heterocycles. The number of anilines is 1. The van der Waals surface area contributed by atoms with Gasteiger partial charge in [0.05, 0.1) is 0 Å². The highest BCUT2D eigenvalue weighted by Crippen LogP contribution is 2.31. The molecule has 3 rings (SSSR count). The van der Waals surface area contributed by atoms with Crippen molar-refractivity contribution in [1.29, 1.82) is 0 Å². The quantitative estimate of drug-likeness (QED) is 0.880. The maximum atomic E-state index is 13.4. The molecule has 0 aromatic heterocycles. The zero-order chi connectivity index (χ0) is 15.0. The Bertz CT molecular complexity index is 712. The molecule has 108 valence electrons. The first-order valence-corrected chi connectivity index (χ1v) is 6.91. The molecule has 0 saturated carbocycles. The number of aromatic hydroxyl groups is 1. The van der Waals surface area contributed by atoms with Crippen LogP contribution in [-0.2, 0) is 13.0 Å². The summed E-state index contributed by atoms with van der Waals surface area (Å²) in [5.74, 6) is -0.142. The van der Waals surface area contributed by atoms with Crippen LogP contribution in [0.5, 0.6) is 5.75 Å². The number of phenolic OH excluding ortho intramolecular Hbond substituents is 1. The monoisotopic (exact) mass is 285 g/mol. The minimum absolute atomic E-state index is 0.0379. The lowest BCUT2D eigenvalue weighted by atomic mass is 10.1. The summed E-state index contributed by atoms with van der Waals surface area (Å²) < 4.78 is 13.4. The largest absolute Gasteiger partial charge is 0.508 e. The molecule has 21 heavy (non-hydrogen) atoms. The van der Waals surface area contributed by atoms with Gasteiger partial charge >= 0.3 is 0 Å². The van der Waals surface area contributed by atoms with Crippen LogP contribution in [-0.4, -0.2) is 17.4 Å². The molecule has 2 aromatic rings. The van der Waals surface area contributed by atoms with Crippen LogP contribution in [0.4, 0.5) is 10.1 Å². The van der Waals surface area contributed by atoms with Crippen molar-refractivity contribution < 1.29 is 14.3 Å². The molecule has 0 radical (unpaired) electrons. The Hall–Kier alpha value is -2.36. The summed E-state index contributed by atoms with van der Waals surface area (Å²) in [5, 5.41) is 9.97. The lowest BCUT2D eigenvalue weighted by molar-refractivity contribution is 0.101. The Labute approximate surface area is 122 Å². The van der Waals surface area contributed by atoms with Gasteiger partial charge in [-0.3, -0.25) is 4.79 Å². The Morgan fingerprint density at radius 1 is 1.29 bits per heavy atom. The number of phenols is 1. The topological polar surface area (TPSA) is 40.5 Å². The predicted molar refractivity (Wildman–Crippen MR) is 79.3 cm³/mol. The number of carbonyl (C=O) groups is 1. The first-order valence-electron chi connectivity index (χ1n) is 6.91. The molecule has 0 spiro atoms. The van der Waals surface area contributed by atoms with E-state index in [1.807, 2.05) is 4.90 Å². The summed E-state index contributed by atoms with van der Waals surface area (Å²) in [7, 11) is 0. The average molecular weight is 285 g/mol. The van der Waals surface area contributed by atoms with E-state index in [4.69, 9.17) is 0 Å². The second-order valence-electron chi connectivity index (χ2n) is 5.34. The fourth-order valence-electron chi connectivity index (χ4n) is 2.72. The van der Waals surface area contributed by atoms with Crippen LogP contribution in [0.2, 0.25) is 0 Å². The lowest BCUT2D eigenvalue weighted by Crippen LogP contribution is -2.20. The second-order valence-corrected chi connectivity index (χ2v) is 5.34. The van der Waals surface area contributed by atoms with E-state index in [-0.39, 0.29) is 17.3 Å². The van der Waals surface area contributed by atoms with E-state index >= 15 is 0 Å². The summed E-state index contributed by atoms with van der Waals surface area (Å²) in [5.41, 5.74) is 3.22. The van der Waals surface area contributed by atoms with Crippen molar-refractivity contribution in [2.75, 3.05) is 11.4 Å². The Morgan fingerprint density at radius 2 is 2.10 bits per heavy atom. The van der Waals surface area contributed by atoms with Crippen LogP contribution < -0.4 is 4.90 Å². The number of Topliss-reactive ketones (excluding diaryl/α,β-unsaturated/α-hetero) is 1. The average Bonchev–Trinajstić information content (AvgIpc) is 2.83. The molecule has 1 aliphatic rings. The van der Waals surface area contributed by atoms with E-state index < -0.39 is 0 Å². The number of hydrogen-bond donors (Lipinski definition) is 1. The first-order chi connectivity index (χ1) is 10.0. The maximum absolute atomic E-state index is 13.4. The van der Waals surface area contributed by atoms with Crippen LogP contribution in [0.3, 0.4) is 0 Å². The van der Waals surface area contributed by atoms with Crippen molar-refractivity contribution in [2.45, 2.75) is 19.9 Å². The van der Waals surface area contributed by atoms with Crippen molar-refractivity contribution in [2.24, 2.45) is 0 Å². The molecule has 3 nitrogen and oxygen atoms in total. The minimum Gasteiger partial charge on any atom is -0.508 e. The zero-order valence-corrected chi connectivity index (χ0v) is 11.8. The van der Waals surface area contributed by atoms with E-state index in [2.05, 4.69) is 0 Å². The van der Waals surface area contributed by atoms with Gasteiger partial charge < -0.3 is 10.0 Å². The normalized spacial score (nSPS) is 13.3. The number of halogens is 1. The molecular weight excluding hydrogens is 269 g/mol. The summed E-state index contributed by atoms with van der Waals surface area (Å²) in [4.78, 5) is 13.5. The predicted octanol–water partition coefficient (Wildman–Crippen LogP) is 3.30. The van der Waals surface area contributed by atoms with Crippen LogP contribution in [0.15, 0.2) is 36.4 Å². The second kappa shape index (κ2) is 5.20. The fourth-order valence-corrected chi connectivity index (χ4v) is 2.72. The van der Waals surface area contributed by atoms with Crippen molar-refractivity contribution in [3.63, 3.8) is 0 Å². The van der Waals surface area contributed by atoms with Gasteiger partial charge in [-0.25, -0.2) is 4.39 Å². The summed E-state index contributed by atoms with van der Waals surface area (Å²) >= 11 is 0. The zero-order valence-electron chi connectivity index (χ0n) is 11.8. The number of fused-ring (bicyclic) bond motifs is 1. The first kappa shape index (κ1) is 13.6. The third kappa shape index (κ3) is 2.61. The van der Waals surface area contributed by atoms with Gasteiger partial charge in [-0.2, -0.15) is 0 Å². The SMILES string of the molecule is CC(=O)c1ccc(O)c(CN2CCc3ccc(F)cc32)c1. The van der Waals surface area contributed by atoms with Gasteiger partial charge in [0.2, 0.25) is 0 Å². The molecule has 0 unspecified atom stereocenters. The van der Waals surface area contributed by atoms with Crippen molar-refractivity contribution in [3.8, 4) is 5.75 Å². The fraction of sp³-hybridized carbons (Fsp3) is 0.235. The van der Waals surface area contributed by atoms with E-state index in [1.165, 1.54) is 25.1 Å². The molecule has 0 aliphatic carbocycles. The highest BCUT2D eigenvalue weighted by molar-refractivity contribution is 5.94. The smallest absolute Gasteiger partial charge is 0.159 e. The standard InChI is InChI=1S/C17H16FNO2/c1-11(20)13-3-5-17(21)14(8-13)10-19-7-6-12-2-4-15(18)9-16(12)19/h2-5,8-9,21H,6-7,10H2,1H3. The Kier molecular flexibility index (Phi) is 3.37. The van der Waals surface area contributed by atoms with Gasteiger partial charge in [0.25, 0.3) is 0 Å². The number of ketones is 1. The molecule has 0 fully saturated rings. The highest BCUT2D eigenvalue weighted by atomic mass is 19.1. The van der Waals surface area contributed by atoms with Gasteiger partial charge in [0.15, 0.2) is 5.78 Å². The van der Waals surface area contributed by atoms with E-state index in [1.54, 1.807) is 18.2 Å². The number of nitrogens with zero attached hydrogens (tertiary/aromatic N) is 1. The summed E-state index contributed by atoms with van der Waals surface area (Å²) in [6.45, 7) is 2.74. The van der Waals surface area contributed by atoms with E-state index in [0.29, 0.717) is 17.7 Å². The van der Waals surface area contributed by atoms with Gasteiger partial charge in [-0.05, 0) is 49.2 Å². The Morgan fingerprint density at radius 3 is 2.86 bits per heavy atom. The third-order valence-corrected chi connectivity index (χ3v) is 3.89. The van der Waals surface area contributed by atoms with Crippen LogP contribution >= 0.6 is 0 Å². The number of carbonyl (C=O) groups excluding carboxylic acids is 1. The van der Waals surface area contributed by atoms with Crippen molar-refractivity contribution in [1.82, 2.24) is 0 Å². The van der Waals surface area contributed by atoms with Crippen LogP contribution in [0.1, 0.15) is 28.4 Å². The minimum atomic E-state index is -0.262. The van der Waals surface area contributed by atoms with Gasteiger partial charge in [0.1, 0.15) is 11.6 Å². The van der Waals surface area contributed by atoms with Gasteiger partial charge in [-0.1, -0.05) is 6.07 Å². The molecule has 2 aromatic carbocycles. The molecule has 1 aliphatic heterocycles. The van der Waals surface area contributed by atoms with Gasteiger partial charge in [0, 0.05) is 29.9 Å². The third-order valence-electron chi connectivity index (χ3n) is 3.89. The lowest BCUT2D eigenvalue weighted by Gasteiger charge is -2.20. The maximum Gasteiger partial charge on any atom is 0.159 e. The summed E-state index contributed by atoms with van der Waals surface area (Å²) in [6, 6.07) is 9.64. The van der Waals surface area contributed by atoms with E-state index in [9.17, 15) is 14.3 Å². The number of hydrogen-bond acceptors (Lipinski definition) is 3. The molecule has 4 heteroatoms. The molecule has 1 N–H and O–H groups in total. The Balaban J connectivity index is 1.91. The van der Waals surface area contributed by atoms with Crippen LogP contribution in [0, 0.1) is 5.82 Å². The number of rotatable bonds is 3. The molecular formula is C17H16FNO2. The molecule has 0 saturated heterocycles. The molecule has 0 amide bonds. The van der Waals surface area contributed by atoms with E-state index in [0.717, 1.165) is 24.2 Å². The van der Waals surface area contributed by atoms with Crippen LogP contribution in [0.25, 0.3) is 0 Å². The molecule has 0 atom stereocenters. The molecule has 0 bridgehead atoms. The van der Waals surface area contributed by atoms with Gasteiger partial charge in [-0.15, -0.1) is 0 Å². The van der Waals surface area contributed by atoms with Crippen molar-refractivity contribution in [3.05, 3.63) is 58.9 Å². The number of benzene rings is 2. The van der Waals surface area contributed by atoms with Crippen molar-refractivity contribution >= 4 is 11.5 Å². The highest BCUT2D eigenvalue weighted by Gasteiger charge is 2.21. The summed E-state index contributed by atoms with van der Waals surface area (Å²) in [6.07, 6.45) is 0.864.